The van der Waals surface area contributed by atoms with Crippen LogP contribution in [0.3, 0.4) is 0 Å². The summed E-state index contributed by atoms with van der Waals surface area (Å²) in [4.78, 5) is 0. The van der Waals surface area contributed by atoms with E-state index >= 15 is 0 Å². The molecule has 0 fully saturated rings. The highest BCUT2D eigenvalue weighted by molar-refractivity contribution is 5.44. The van der Waals surface area contributed by atoms with Crippen LogP contribution in [-0.4, -0.2) is 16.8 Å². The van der Waals surface area contributed by atoms with Gasteiger partial charge >= 0.3 is 0 Å². The lowest BCUT2D eigenvalue weighted by Gasteiger charge is -2.06. The van der Waals surface area contributed by atoms with Crippen LogP contribution in [0.5, 0.6) is 11.5 Å². The van der Waals surface area contributed by atoms with E-state index in [1.165, 1.54) is 0 Å². The first kappa shape index (κ1) is 10.9. The molecular weight excluding hydrogens is 178 g/mol. The molecule has 0 amide bonds. The smallest absolute Gasteiger partial charge is 0.119 e. The molecule has 0 saturated carbocycles. The van der Waals surface area contributed by atoms with E-state index in [9.17, 15) is 10.2 Å². The van der Waals surface area contributed by atoms with Crippen molar-refractivity contribution < 1.29 is 10.2 Å². The fourth-order valence-corrected chi connectivity index (χ4v) is 1.38. The van der Waals surface area contributed by atoms with Gasteiger partial charge in [-0.2, -0.15) is 0 Å². The van der Waals surface area contributed by atoms with Gasteiger partial charge in [0.25, 0.3) is 0 Å². The zero-order chi connectivity index (χ0) is 10.6. The van der Waals surface area contributed by atoms with Crippen LogP contribution in [0.15, 0.2) is 12.1 Å². The molecule has 0 aliphatic carbocycles. The molecule has 0 unspecified atom stereocenters. The maximum absolute atomic E-state index is 9.57. The average molecular weight is 195 g/mol. The molecule has 0 heterocycles. The predicted octanol–water partition coefficient (Wildman–Crippen LogP) is 1.69. The maximum Gasteiger partial charge on any atom is 0.119 e. The molecule has 1 aromatic rings. The highest BCUT2D eigenvalue weighted by Gasteiger charge is 2.05. The van der Waals surface area contributed by atoms with E-state index in [1.54, 1.807) is 19.1 Å². The number of aryl methyl sites for hydroxylation is 2. The van der Waals surface area contributed by atoms with Crippen LogP contribution in [0.4, 0.5) is 0 Å². The summed E-state index contributed by atoms with van der Waals surface area (Å²) in [5.74, 6) is 0.503. The number of unbranched alkanes of at least 4 members (excludes halogenated alkanes) is 1. The van der Waals surface area contributed by atoms with Crippen molar-refractivity contribution in [3.05, 3.63) is 23.3 Å². The van der Waals surface area contributed by atoms with E-state index in [2.05, 4.69) is 0 Å². The highest BCUT2D eigenvalue weighted by atomic mass is 16.3. The fourth-order valence-electron chi connectivity index (χ4n) is 1.38. The fraction of sp³-hybridized carbons (Fsp3) is 0.455. The molecular formula is C11H17NO2. The molecule has 0 saturated heterocycles. The Morgan fingerprint density at radius 3 is 2.50 bits per heavy atom. The number of hydrogen-bond acceptors (Lipinski definition) is 3. The van der Waals surface area contributed by atoms with Crippen molar-refractivity contribution in [2.24, 2.45) is 5.73 Å². The van der Waals surface area contributed by atoms with Crippen molar-refractivity contribution in [1.82, 2.24) is 0 Å². The first-order chi connectivity index (χ1) is 6.65. The van der Waals surface area contributed by atoms with Crippen molar-refractivity contribution in [3.8, 4) is 11.5 Å². The summed E-state index contributed by atoms with van der Waals surface area (Å²) in [7, 11) is 0. The van der Waals surface area contributed by atoms with Gasteiger partial charge < -0.3 is 15.9 Å². The molecule has 78 valence electrons. The van der Waals surface area contributed by atoms with E-state index < -0.39 is 0 Å². The summed E-state index contributed by atoms with van der Waals surface area (Å²) in [6.45, 7) is 2.43. The molecule has 1 aromatic carbocycles. The highest BCUT2D eigenvalue weighted by Crippen LogP contribution is 2.27. The third-order valence-electron chi connectivity index (χ3n) is 2.30. The Kier molecular flexibility index (Phi) is 3.77. The number of phenolic OH excluding ortho intramolecular Hbond substituents is 2. The lowest BCUT2D eigenvalue weighted by Crippen LogP contribution is -1.99. The summed E-state index contributed by atoms with van der Waals surface area (Å²) in [5.41, 5.74) is 6.87. The van der Waals surface area contributed by atoms with Crippen LogP contribution in [0.2, 0.25) is 0 Å². The van der Waals surface area contributed by atoms with Gasteiger partial charge in [-0.25, -0.2) is 0 Å². The van der Waals surface area contributed by atoms with Gasteiger partial charge in [0.2, 0.25) is 0 Å². The molecule has 0 spiro atoms. The minimum atomic E-state index is 0.241. The van der Waals surface area contributed by atoms with E-state index in [0.717, 1.165) is 24.8 Å². The summed E-state index contributed by atoms with van der Waals surface area (Å²) < 4.78 is 0. The van der Waals surface area contributed by atoms with Crippen LogP contribution < -0.4 is 5.73 Å². The van der Waals surface area contributed by atoms with E-state index in [1.807, 2.05) is 0 Å². The van der Waals surface area contributed by atoms with Gasteiger partial charge in [-0.3, -0.25) is 0 Å². The second-order valence-electron chi connectivity index (χ2n) is 3.51. The molecule has 4 N–H and O–H groups in total. The Bertz CT molecular complexity index is 310. The summed E-state index contributed by atoms with van der Waals surface area (Å²) in [6, 6.07) is 3.22. The standard InChI is InChI=1S/C11H17NO2/c1-8-6-11(14)9(7-10(8)13)4-2-3-5-12/h6-7,13-14H,2-5,12H2,1H3. The Hall–Kier alpha value is -1.22. The Morgan fingerprint density at radius 2 is 1.86 bits per heavy atom. The zero-order valence-corrected chi connectivity index (χ0v) is 8.45. The first-order valence-electron chi connectivity index (χ1n) is 4.86. The normalized spacial score (nSPS) is 10.4. The van der Waals surface area contributed by atoms with Crippen LogP contribution in [-0.2, 0) is 6.42 Å². The average Bonchev–Trinajstić information content (AvgIpc) is 2.14. The summed E-state index contributed by atoms with van der Waals surface area (Å²) in [5, 5.41) is 19.0. The monoisotopic (exact) mass is 195 g/mol. The van der Waals surface area contributed by atoms with E-state index in [0.29, 0.717) is 12.1 Å². The topological polar surface area (TPSA) is 66.5 Å². The van der Waals surface area contributed by atoms with Crippen molar-refractivity contribution in [2.75, 3.05) is 6.54 Å². The molecule has 0 radical (unpaired) electrons. The predicted molar refractivity (Wildman–Crippen MR) is 56.5 cm³/mol. The van der Waals surface area contributed by atoms with Gasteiger partial charge in [-0.1, -0.05) is 0 Å². The van der Waals surface area contributed by atoms with Crippen molar-refractivity contribution >= 4 is 0 Å². The molecule has 0 bridgehead atoms. The maximum atomic E-state index is 9.57. The number of aromatic hydroxyl groups is 2. The molecule has 0 aliphatic rings. The molecule has 0 aromatic heterocycles. The number of phenols is 2. The van der Waals surface area contributed by atoms with Gasteiger partial charge in [0.05, 0.1) is 0 Å². The number of nitrogens with two attached hydrogens (primary N) is 1. The van der Waals surface area contributed by atoms with Crippen LogP contribution in [0.1, 0.15) is 24.0 Å². The van der Waals surface area contributed by atoms with Crippen molar-refractivity contribution in [3.63, 3.8) is 0 Å². The zero-order valence-electron chi connectivity index (χ0n) is 8.45. The molecule has 0 atom stereocenters. The van der Waals surface area contributed by atoms with Crippen LogP contribution in [0, 0.1) is 6.92 Å². The van der Waals surface area contributed by atoms with Crippen LogP contribution in [0.25, 0.3) is 0 Å². The number of hydrogen-bond donors (Lipinski definition) is 3. The van der Waals surface area contributed by atoms with Crippen molar-refractivity contribution in [2.45, 2.75) is 26.2 Å². The quantitative estimate of drug-likeness (QED) is 0.506. The van der Waals surface area contributed by atoms with Crippen LogP contribution >= 0.6 is 0 Å². The van der Waals surface area contributed by atoms with Gasteiger partial charge in [-0.15, -0.1) is 0 Å². The Labute approximate surface area is 84.2 Å². The molecule has 0 aliphatic heterocycles. The third kappa shape index (κ3) is 2.64. The first-order valence-corrected chi connectivity index (χ1v) is 4.86. The molecule has 14 heavy (non-hydrogen) atoms. The van der Waals surface area contributed by atoms with Gasteiger partial charge in [-0.05, 0) is 56.0 Å². The molecule has 3 nitrogen and oxygen atoms in total. The van der Waals surface area contributed by atoms with E-state index in [4.69, 9.17) is 5.73 Å². The Morgan fingerprint density at radius 1 is 1.14 bits per heavy atom. The second-order valence-corrected chi connectivity index (χ2v) is 3.51. The largest absolute Gasteiger partial charge is 0.508 e. The summed E-state index contributed by atoms with van der Waals surface area (Å²) >= 11 is 0. The lowest BCUT2D eigenvalue weighted by molar-refractivity contribution is 0.450. The third-order valence-corrected chi connectivity index (χ3v) is 2.30. The van der Waals surface area contributed by atoms with Gasteiger partial charge in [0, 0.05) is 0 Å². The van der Waals surface area contributed by atoms with Gasteiger partial charge in [0.1, 0.15) is 11.5 Å². The number of benzene rings is 1. The summed E-state index contributed by atoms with van der Waals surface area (Å²) in [6.07, 6.45) is 2.64. The minimum absolute atomic E-state index is 0.241. The second kappa shape index (κ2) is 4.86. The molecule has 3 heteroatoms. The lowest BCUT2D eigenvalue weighted by atomic mass is 10.0. The Balaban J connectivity index is 2.72. The minimum Gasteiger partial charge on any atom is -0.508 e. The van der Waals surface area contributed by atoms with E-state index in [-0.39, 0.29) is 11.5 Å². The number of rotatable bonds is 4. The molecule has 1 rings (SSSR count). The van der Waals surface area contributed by atoms with Gasteiger partial charge in [0.15, 0.2) is 0 Å². The SMILES string of the molecule is Cc1cc(O)c(CCCCN)cc1O. The van der Waals surface area contributed by atoms with Crippen molar-refractivity contribution in [1.29, 1.82) is 0 Å².